The molecule has 2 amide bonds. The van der Waals surface area contributed by atoms with Gasteiger partial charge in [-0.2, -0.15) is 5.10 Å². The highest BCUT2D eigenvalue weighted by molar-refractivity contribution is 5.93. The smallest absolute Gasteiger partial charge is 0.246 e. The Bertz CT molecular complexity index is 1140. The molecule has 6 nitrogen and oxygen atoms in total. The van der Waals surface area contributed by atoms with E-state index >= 15 is 0 Å². The largest absolute Gasteiger partial charge is 0.339 e. The van der Waals surface area contributed by atoms with Crippen LogP contribution in [0.15, 0.2) is 66.9 Å². The fraction of sp³-hybridized carbons (Fsp3) is 0.269. The van der Waals surface area contributed by atoms with Crippen molar-refractivity contribution in [3.05, 3.63) is 78.3 Å². The van der Waals surface area contributed by atoms with Gasteiger partial charge < -0.3 is 9.80 Å². The summed E-state index contributed by atoms with van der Waals surface area (Å²) < 4.78 is 15.2. The van der Waals surface area contributed by atoms with Crippen LogP contribution in [0.4, 0.5) is 4.39 Å². The highest BCUT2D eigenvalue weighted by Crippen LogP contribution is 2.25. The van der Waals surface area contributed by atoms with Gasteiger partial charge in [-0.3, -0.25) is 9.59 Å². The Morgan fingerprint density at radius 3 is 2.21 bits per heavy atom. The number of para-hydroxylation sites is 1. The van der Waals surface area contributed by atoms with Gasteiger partial charge in [0.15, 0.2) is 0 Å². The maximum absolute atomic E-state index is 13.4. The minimum Gasteiger partial charge on any atom is -0.339 e. The number of piperazine rings is 1. The Labute approximate surface area is 192 Å². The van der Waals surface area contributed by atoms with Crippen LogP contribution in [0, 0.1) is 11.7 Å². The molecular weight excluding hydrogens is 419 g/mol. The van der Waals surface area contributed by atoms with E-state index in [4.69, 9.17) is 5.10 Å². The second-order valence-electron chi connectivity index (χ2n) is 8.36. The molecule has 0 atom stereocenters. The van der Waals surface area contributed by atoms with Crippen molar-refractivity contribution in [2.45, 2.75) is 13.8 Å². The maximum atomic E-state index is 13.4. The van der Waals surface area contributed by atoms with Crippen molar-refractivity contribution in [2.75, 3.05) is 26.2 Å². The number of rotatable bonds is 5. The molecule has 1 aromatic heterocycles. The zero-order valence-electron chi connectivity index (χ0n) is 18.8. The molecule has 33 heavy (non-hydrogen) atoms. The van der Waals surface area contributed by atoms with Gasteiger partial charge in [-0.25, -0.2) is 9.07 Å². The molecule has 4 rings (SSSR count). The van der Waals surface area contributed by atoms with Gasteiger partial charge in [0, 0.05) is 55.5 Å². The van der Waals surface area contributed by atoms with Crippen molar-refractivity contribution < 1.29 is 14.0 Å². The summed E-state index contributed by atoms with van der Waals surface area (Å²) in [4.78, 5) is 28.5. The average Bonchev–Trinajstić information content (AvgIpc) is 3.27. The normalized spacial score (nSPS) is 14.3. The summed E-state index contributed by atoms with van der Waals surface area (Å²) in [5, 5.41) is 4.69. The van der Waals surface area contributed by atoms with Crippen LogP contribution < -0.4 is 0 Å². The van der Waals surface area contributed by atoms with Crippen molar-refractivity contribution >= 4 is 17.9 Å². The number of aromatic nitrogens is 2. The van der Waals surface area contributed by atoms with Crippen molar-refractivity contribution in [3.63, 3.8) is 0 Å². The van der Waals surface area contributed by atoms with Crippen molar-refractivity contribution in [1.29, 1.82) is 0 Å². The van der Waals surface area contributed by atoms with Gasteiger partial charge in [0.1, 0.15) is 5.82 Å². The molecule has 0 saturated carbocycles. The Balaban J connectivity index is 1.54. The molecule has 1 aliphatic heterocycles. The van der Waals surface area contributed by atoms with E-state index in [1.54, 1.807) is 33.9 Å². The highest BCUT2D eigenvalue weighted by Gasteiger charge is 2.24. The highest BCUT2D eigenvalue weighted by atomic mass is 19.1. The SMILES string of the molecule is CC(C)C(=O)N1CCN(C(=O)/C=C/c2cn(-c3ccccc3)nc2-c2ccc(F)cc2)CC1. The first-order valence-electron chi connectivity index (χ1n) is 11.1. The molecule has 0 N–H and O–H groups in total. The van der Waals surface area contributed by atoms with E-state index in [0.29, 0.717) is 31.9 Å². The second-order valence-corrected chi connectivity index (χ2v) is 8.36. The summed E-state index contributed by atoms with van der Waals surface area (Å²) >= 11 is 0. The van der Waals surface area contributed by atoms with Gasteiger partial charge >= 0.3 is 0 Å². The number of halogens is 1. The summed E-state index contributed by atoms with van der Waals surface area (Å²) in [7, 11) is 0. The summed E-state index contributed by atoms with van der Waals surface area (Å²) in [5.41, 5.74) is 3.07. The molecule has 2 heterocycles. The van der Waals surface area contributed by atoms with Crippen LogP contribution in [-0.4, -0.2) is 57.6 Å². The molecule has 1 saturated heterocycles. The van der Waals surface area contributed by atoms with Gasteiger partial charge in [-0.1, -0.05) is 32.0 Å². The topological polar surface area (TPSA) is 58.4 Å². The van der Waals surface area contributed by atoms with Crippen molar-refractivity contribution in [2.24, 2.45) is 5.92 Å². The summed E-state index contributed by atoms with van der Waals surface area (Å²) in [6, 6.07) is 15.8. The molecule has 1 fully saturated rings. The van der Waals surface area contributed by atoms with Gasteiger partial charge in [0.05, 0.1) is 11.4 Å². The van der Waals surface area contributed by atoms with E-state index in [-0.39, 0.29) is 23.5 Å². The van der Waals surface area contributed by atoms with Gasteiger partial charge in [-0.05, 0) is 42.5 Å². The van der Waals surface area contributed by atoms with Gasteiger partial charge in [0.25, 0.3) is 0 Å². The average molecular weight is 447 g/mol. The fourth-order valence-corrected chi connectivity index (χ4v) is 3.83. The summed E-state index contributed by atoms with van der Waals surface area (Å²) in [6.07, 6.45) is 5.15. The second kappa shape index (κ2) is 9.81. The van der Waals surface area contributed by atoms with Crippen molar-refractivity contribution in [1.82, 2.24) is 19.6 Å². The third kappa shape index (κ3) is 5.19. The van der Waals surface area contributed by atoms with Crippen molar-refractivity contribution in [3.8, 4) is 16.9 Å². The molecule has 1 aliphatic rings. The van der Waals surface area contributed by atoms with Crippen LogP contribution in [0.1, 0.15) is 19.4 Å². The molecule has 0 radical (unpaired) electrons. The lowest BCUT2D eigenvalue weighted by atomic mass is 10.1. The molecule has 3 aromatic rings. The Hall–Kier alpha value is -3.74. The maximum Gasteiger partial charge on any atom is 0.246 e. The van der Waals surface area contributed by atoms with Crippen LogP contribution in [0.2, 0.25) is 0 Å². The molecule has 0 unspecified atom stereocenters. The molecule has 0 aliphatic carbocycles. The lowest BCUT2D eigenvalue weighted by Gasteiger charge is -2.35. The predicted molar refractivity (Wildman–Crippen MR) is 126 cm³/mol. The van der Waals surface area contributed by atoms with Crippen LogP contribution in [0.3, 0.4) is 0 Å². The van der Waals surface area contributed by atoms with Crippen LogP contribution in [0.25, 0.3) is 23.0 Å². The van der Waals surface area contributed by atoms with Crippen LogP contribution >= 0.6 is 0 Å². The minimum atomic E-state index is -0.316. The lowest BCUT2D eigenvalue weighted by Crippen LogP contribution is -2.51. The van der Waals surface area contributed by atoms with E-state index in [2.05, 4.69) is 0 Å². The molecular formula is C26H27FN4O2. The molecule has 170 valence electrons. The standard InChI is InChI=1S/C26H27FN4O2/c1-19(2)26(33)30-16-14-29(15-17-30)24(32)13-10-21-18-31(23-6-4-3-5-7-23)28-25(21)20-8-11-22(27)12-9-20/h3-13,18-19H,14-17H2,1-2H3/b13-10+. The van der Waals surface area contributed by atoms with E-state index in [1.165, 1.54) is 12.1 Å². The first kappa shape index (κ1) is 22.5. The first-order valence-corrected chi connectivity index (χ1v) is 11.1. The number of carbonyl (C=O) groups excluding carboxylic acids is 2. The van der Waals surface area contributed by atoms with Gasteiger partial charge in [0.2, 0.25) is 11.8 Å². The molecule has 2 aromatic carbocycles. The summed E-state index contributed by atoms with van der Waals surface area (Å²) in [5.74, 6) is -0.346. The number of benzene rings is 2. The number of nitrogens with zero attached hydrogens (tertiary/aromatic N) is 4. The first-order chi connectivity index (χ1) is 15.9. The quantitative estimate of drug-likeness (QED) is 0.557. The number of hydrogen-bond donors (Lipinski definition) is 0. The Kier molecular flexibility index (Phi) is 6.68. The molecule has 0 spiro atoms. The van der Waals surface area contributed by atoms with E-state index in [9.17, 15) is 14.0 Å². The van der Waals surface area contributed by atoms with E-state index < -0.39 is 0 Å². The van der Waals surface area contributed by atoms with Crippen LogP contribution in [-0.2, 0) is 9.59 Å². The zero-order valence-corrected chi connectivity index (χ0v) is 18.8. The number of amides is 2. The lowest BCUT2D eigenvalue weighted by molar-refractivity contribution is -0.139. The molecule has 7 heteroatoms. The third-order valence-corrected chi connectivity index (χ3v) is 5.68. The van der Waals surface area contributed by atoms with E-state index in [1.807, 2.05) is 55.3 Å². The number of hydrogen-bond acceptors (Lipinski definition) is 3. The number of carbonyl (C=O) groups is 2. The third-order valence-electron chi connectivity index (χ3n) is 5.68. The summed E-state index contributed by atoms with van der Waals surface area (Å²) in [6.45, 7) is 5.88. The van der Waals surface area contributed by atoms with Crippen LogP contribution in [0.5, 0.6) is 0 Å². The molecule has 0 bridgehead atoms. The Morgan fingerprint density at radius 2 is 1.58 bits per heavy atom. The van der Waals surface area contributed by atoms with Gasteiger partial charge in [-0.15, -0.1) is 0 Å². The van der Waals surface area contributed by atoms with E-state index in [0.717, 1.165) is 16.8 Å². The monoisotopic (exact) mass is 446 g/mol. The Morgan fingerprint density at radius 1 is 0.939 bits per heavy atom. The predicted octanol–water partition coefficient (Wildman–Crippen LogP) is 4.02. The fourth-order valence-electron chi connectivity index (χ4n) is 3.83. The minimum absolute atomic E-state index is 0.0434. The zero-order chi connectivity index (χ0) is 23.4.